The minimum absolute atomic E-state index is 0.0758. The lowest BCUT2D eigenvalue weighted by molar-refractivity contribution is -0.151. The molecule has 3 fully saturated rings. The summed E-state index contributed by atoms with van der Waals surface area (Å²) in [5, 5.41) is 3.06. The van der Waals surface area contributed by atoms with Crippen molar-refractivity contribution in [1.29, 1.82) is 0 Å². The predicted octanol–water partition coefficient (Wildman–Crippen LogP) is 1.39. The van der Waals surface area contributed by atoms with Gasteiger partial charge in [-0.25, -0.2) is 4.79 Å². The molecule has 6 heteroatoms. The van der Waals surface area contributed by atoms with Crippen molar-refractivity contribution in [2.45, 2.75) is 18.9 Å². The summed E-state index contributed by atoms with van der Waals surface area (Å²) in [4.78, 5) is 28.7. The van der Waals surface area contributed by atoms with Crippen molar-refractivity contribution in [1.82, 2.24) is 15.1 Å². The maximum absolute atomic E-state index is 12.6. The third kappa shape index (κ3) is 2.45. The van der Waals surface area contributed by atoms with E-state index in [1.165, 1.54) is 0 Å². The second kappa shape index (κ2) is 6.09. The first kappa shape index (κ1) is 15.4. The fourth-order valence-corrected chi connectivity index (χ4v) is 4.08. The van der Waals surface area contributed by atoms with Crippen LogP contribution in [-0.4, -0.2) is 61.1 Å². The van der Waals surface area contributed by atoms with E-state index in [0.717, 1.165) is 18.4 Å². The summed E-state index contributed by atoms with van der Waals surface area (Å²) < 4.78 is 5.31. The lowest BCUT2D eigenvalue weighted by atomic mass is 9.64. The first-order valence-electron chi connectivity index (χ1n) is 8.68. The Kier molecular flexibility index (Phi) is 3.92. The maximum Gasteiger partial charge on any atom is 0.320 e. The van der Waals surface area contributed by atoms with Crippen molar-refractivity contribution in [3.63, 3.8) is 0 Å². The smallest absolute Gasteiger partial charge is 0.320 e. The van der Waals surface area contributed by atoms with Crippen molar-refractivity contribution in [2.75, 3.05) is 39.4 Å². The van der Waals surface area contributed by atoms with Crippen LogP contribution in [0.2, 0.25) is 0 Å². The van der Waals surface area contributed by atoms with E-state index < -0.39 is 0 Å². The Hall–Kier alpha value is -2.08. The first-order chi connectivity index (χ1) is 11.7. The average Bonchev–Trinajstić information content (AvgIpc) is 2.67. The standard InChI is InChI=1S/C18H23N3O3/c22-16-18(15(19-16)14-4-2-1-3-5-14)6-8-20(9-7-18)17(23)21-10-12-24-13-11-21/h1-5,15H,6-13H2,(H,19,22)/t15-/m0/s1. The molecule has 1 aromatic rings. The largest absolute Gasteiger partial charge is 0.378 e. The Balaban J connectivity index is 1.43. The fourth-order valence-electron chi connectivity index (χ4n) is 4.08. The number of carbonyl (C=O) groups excluding carboxylic acids is 2. The summed E-state index contributed by atoms with van der Waals surface area (Å²) in [6, 6.07) is 10.3. The van der Waals surface area contributed by atoms with E-state index in [2.05, 4.69) is 17.4 Å². The van der Waals surface area contributed by atoms with Crippen LogP contribution in [0.4, 0.5) is 4.79 Å². The predicted molar refractivity (Wildman–Crippen MR) is 88.4 cm³/mol. The normalized spacial score (nSPS) is 26.0. The van der Waals surface area contributed by atoms with Gasteiger partial charge in [0.05, 0.1) is 24.7 Å². The Labute approximate surface area is 141 Å². The van der Waals surface area contributed by atoms with E-state index in [1.807, 2.05) is 28.0 Å². The Morgan fingerprint density at radius 2 is 1.67 bits per heavy atom. The number of hydrogen-bond donors (Lipinski definition) is 1. The molecule has 3 aliphatic rings. The second-order valence-electron chi connectivity index (χ2n) is 6.84. The quantitative estimate of drug-likeness (QED) is 0.792. The molecule has 1 N–H and O–H groups in total. The molecule has 1 atom stereocenters. The topological polar surface area (TPSA) is 61.9 Å². The molecule has 24 heavy (non-hydrogen) atoms. The van der Waals surface area contributed by atoms with E-state index in [-0.39, 0.29) is 23.4 Å². The van der Waals surface area contributed by atoms with Gasteiger partial charge in [0.1, 0.15) is 0 Å². The van der Waals surface area contributed by atoms with E-state index >= 15 is 0 Å². The number of benzene rings is 1. The van der Waals surface area contributed by atoms with Crippen molar-refractivity contribution in [2.24, 2.45) is 5.41 Å². The number of amides is 3. The Morgan fingerprint density at radius 3 is 2.29 bits per heavy atom. The summed E-state index contributed by atoms with van der Waals surface area (Å²) in [5.41, 5.74) is 0.813. The van der Waals surface area contributed by atoms with Gasteiger partial charge in [-0.05, 0) is 18.4 Å². The highest BCUT2D eigenvalue weighted by atomic mass is 16.5. The van der Waals surface area contributed by atoms with Crippen LogP contribution in [0.5, 0.6) is 0 Å². The van der Waals surface area contributed by atoms with Crippen LogP contribution in [0.3, 0.4) is 0 Å². The third-order valence-corrected chi connectivity index (χ3v) is 5.62. The van der Waals surface area contributed by atoms with Crippen molar-refractivity contribution in [3.8, 4) is 0 Å². The monoisotopic (exact) mass is 329 g/mol. The van der Waals surface area contributed by atoms with Crippen LogP contribution < -0.4 is 5.32 Å². The molecule has 3 heterocycles. The van der Waals surface area contributed by atoms with Gasteiger partial charge < -0.3 is 19.9 Å². The highest BCUT2D eigenvalue weighted by Gasteiger charge is 2.56. The molecule has 0 saturated carbocycles. The highest BCUT2D eigenvalue weighted by Crippen LogP contribution is 2.49. The zero-order chi connectivity index (χ0) is 16.6. The Morgan fingerprint density at radius 1 is 1.04 bits per heavy atom. The number of carbonyl (C=O) groups is 2. The number of hydrogen-bond acceptors (Lipinski definition) is 3. The van der Waals surface area contributed by atoms with Crippen molar-refractivity contribution in [3.05, 3.63) is 35.9 Å². The summed E-state index contributed by atoms with van der Waals surface area (Å²) >= 11 is 0. The van der Waals surface area contributed by atoms with Gasteiger partial charge in [-0.1, -0.05) is 30.3 Å². The minimum Gasteiger partial charge on any atom is -0.378 e. The number of rotatable bonds is 1. The lowest BCUT2D eigenvalue weighted by Crippen LogP contribution is -2.65. The molecule has 1 spiro atoms. The number of piperidine rings is 1. The van der Waals surface area contributed by atoms with E-state index in [4.69, 9.17) is 4.74 Å². The van der Waals surface area contributed by atoms with Crippen LogP contribution in [-0.2, 0) is 9.53 Å². The van der Waals surface area contributed by atoms with Crippen LogP contribution in [0.15, 0.2) is 30.3 Å². The molecule has 3 aliphatic heterocycles. The van der Waals surface area contributed by atoms with Gasteiger partial charge in [-0.2, -0.15) is 0 Å². The fraction of sp³-hybridized carbons (Fsp3) is 0.556. The van der Waals surface area contributed by atoms with Crippen molar-refractivity contribution >= 4 is 11.9 Å². The molecule has 3 amide bonds. The van der Waals surface area contributed by atoms with E-state index in [1.54, 1.807) is 0 Å². The van der Waals surface area contributed by atoms with Gasteiger partial charge in [0, 0.05) is 26.2 Å². The molecule has 4 rings (SSSR count). The summed E-state index contributed by atoms with van der Waals surface area (Å²) in [6.45, 7) is 3.84. The van der Waals surface area contributed by atoms with E-state index in [0.29, 0.717) is 39.4 Å². The molecule has 1 aromatic carbocycles. The highest BCUT2D eigenvalue weighted by molar-refractivity contribution is 5.91. The van der Waals surface area contributed by atoms with Gasteiger partial charge in [-0.3, -0.25) is 4.79 Å². The molecule has 128 valence electrons. The van der Waals surface area contributed by atoms with E-state index in [9.17, 15) is 9.59 Å². The molecule has 0 aliphatic carbocycles. The molecule has 0 unspecified atom stereocenters. The van der Waals surface area contributed by atoms with Crippen molar-refractivity contribution < 1.29 is 14.3 Å². The van der Waals surface area contributed by atoms with Gasteiger partial charge in [0.15, 0.2) is 0 Å². The Bertz CT molecular complexity index is 620. The van der Waals surface area contributed by atoms with Crippen LogP contribution >= 0.6 is 0 Å². The maximum atomic E-state index is 12.6. The first-order valence-corrected chi connectivity index (χ1v) is 8.68. The number of urea groups is 1. The summed E-state index contributed by atoms with van der Waals surface area (Å²) in [7, 11) is 0. The van der Waals surface area contributed by atoms with Gasteiger partial charge in [-0.15, -0.1) is 0 Å². The van der Waals surface area contributed by atoms with Crippen LogP contribution in [0, 0.1) is 5.41 Å². The number of β-lactam (4-membered cyclic amide) rings is 1. The molecular weight excluding hydrogens is 306 g/mol. The van der Waals surface area contributed by atoms with Gasteiger partial charge >= 0.3 is 6.03 Å². The third-order valence-electron chi connectivity index (χ3n) is 5.62. The van der Waals surface area contributed by atoms with Gasteiger partial charge in [0.2, 0.25) is 5.91 Å². The molecule has 0 aromatic heterocycles. The van der Waals surface area contributed by atoms with Crippen LogP contribution in [0.25, 0.3) is 0 Å². The number of nitrogens with zero attached hydrogens (tertiary/aromatic N) is 2. The summed E-state index contributed by atoms with van der Waals surface area (Å²) in [5.74, 6) is 0.134. The lowest BCUT2D eigenvalue weighted by Gasteiger charge is -2.53. The summed E-state index contributed by atoms with van der Waals surface area (Å²) in [6.07, 6.45) is 1.46. The van der Waals surface area contributed by atoms with Gasteiger partial charge in [0.25, 0.3) is 0 Å². The minimum atomic E-state index is -0.344. The molecular formula is C18H23N3O3. The molecule has 0 bridgehead atoms. The molecule has 6 nitrogen and oxygen atoms in total. The SMILES string of the molecule is O=C(N1CCOCC1)N1CCC2(CC1)C(=O)N[C@H]2c1ccccc1. The number of nitrogens with one attached hydrogen (secondary N) is 1. The number of ether oxygens (including phenoxy) is 1. The number of likely N-dealkylation sites (tertiary alicyclic amines) is 1. The molecule has 3 saturated heterocycles. The second-order valence-corrected chi connectivity index (χ2v) is 6.84. The molecule has 0 radical (unpaired) electrons. The zero-order valence-electron chi connectivity index (χ0n) is 13.7. The average molecular weight is 329 g/mol. The zero-order valence-corrected chi connectivity index (χ0v) is 13.7. The number of morpholine rings is 1. The van der Waals surface area contributed by atoms with Crippen LogP contribution in [0.1, 0.15) is 24.4 Å².